The van der Waals surface area contributed by atoms with Crippen LogP contribution < -0.4 is 10.1 Å². The quantitative estimate of drug-likeness (QED) is 0.830. The highest BCUT2D eigenvalue weighted by atomic mass is 16.6. The summed E-state index contributed by atoms with van der Waals surface area (Å²) in [7, 11) is 0. The molecule has 0 saturated heterocycles. The molecule has 2 rings (SSSR count). The van der Waals surface area contributed by atoms with Gasteiger partial charge in [0.15, 0.2) is 0 Å². The van der Waals surface area contributed by atoms with Crippen LogP contribution in [0.25, 0.3) is 0 Å². The summed E-state index contributed by atoms with van der Waals surface area (Å²) in [5.41, 5.74) is 0.704. The highest BCUT2D eigenvalue weighted by Gasteiger charge is 2.03. The summed E-state index contributed by atoms with van der Waals surface area (Å²) in [4.78, 5) is 11.4. The number of hydrogen-bond donors (Lipinski definition) is 1. The van der Waals surface area contributed by atoms with Crippen LogP contribution in [0.15, 0.2) is 54.6 Å². The Hall–Kier alpha value is -2.29. The van der Waals surface area contributed by atoms with Crippen LogP contribution in [-0.4, -0.2) is 6.09 Å². The van der Waals surface area contributed by atoms with Crippen molar-refractivity contribution in [1.29, 1.82) is 0 Å². The zero-order valence-electron chi connectivity index (χ0n) is 8.51. The summed E-state index contributed by atoms with van der Waals surface area (Å²) in [5, 5.41) is 2.62. The zero-order chi connectivity index (χ0) is 11.2. The van der Waals surface area contributed by atoms with Crippen LogP contribution in [0, 0.1) is 6.07 Å². The number of anilines is 1. The Bertz CT molecular complexity index is 410. The van der Waals surface area contributed by atoms with Gasteiger partial charge in [0.1, 0.15) is 5.75 Å². The molecule has 0 bridgehead atoms. The Balaban J connectivity index is 1.95. The Kier molecular flexibility index (Phi) is 3.18. The Labute approximate surface area is 93.7 Å². The van der Waals surface area contributed by atoms with Gasteiger partial charge in [0.05, 0.1) is 0 Å². The molecule has 0 heterocycles. The van der Waals surface area contributed by atoms with Gasteiger partial charge in [-0.3, -0.25) is 5.32 Å². The molecule has 16 heavy (non-hydrogen) atoms. The monoisotopic (exact) mass is 212 g/mol. The maximum absolute atomic E-state index is 11.4. The lowest BCUT2D eigenvalue weighted by Crippen LogP contribution is -2.16. The van der Waals surface area contributed by atoms with Crippen molar-refractivity contribution in [2.45, 2.75) is 0 Å². The van der Waals surface area contributed by atoms with Gasteiger partial charge in [-0.25, -0.2) is 4.79 Å². The van der Waals surface area contributed by atoms with E-state index in [4.69, 9.17) is 4.74 Å². The predicted molar refractivity (Wildman–Crippen MR) is 61.4 cm³/mol. The second-order valence-corrected chi connectivity index (χ2v) is 3.12. The molecule has 0 atom stereocenters. The molecule has 2 aromatic carbocycles. The van der Waals surface area contributed by atoms with E-state index in [0.717, 1.165) is 0 Å². The molecule has 0 unspecified atom stereocenters. The topological polar surface area (TPSA) is 38.3 Å². The Morgan fingerprint density at radius 2 is 1.75 bits per heavy atom. The number of carbonyl (C=O) groups excluding carboxylic acids is 1. The Morgan fingerprint density at radius 3 is 2.44 bits per heavy atom. The highest BCUT2D eigenvalue weighted by Crippen LogP contribution is 2.10. The van der Waals surface area contributed by atoms with Crippen LogP contribution in [0.5, 0.6) is 5.75 Å². The fourth-order valence-corrected chi connectivity index (χ4v) is 1.21. The average Bonchev–Trinajstić information content (AvgIpc) is 2.31. The van der Waals surface area contributed by atoms with Crippen LogP contribution in [0.3, 0.4) is 0 Å². The first-order valence-electron chi connectivity index (χ1n) is 4.84. The van der Waals surface area contributed by atoms with Gasteiger partial charge in [-0.15, -0.1) is 0 Å². The van der Waals surface area contributed by atoms with E-state index in [1.165, 1.54) is 0 Å². The van der Waals surface area contributed by atoms with E-state index in [9.17, 15) is 4.79 Å². The van der Waals surface area contributed by atoms with Crippen molar-refractivity contribution in [3.8, 4) is 5.75 Å². The molecule has 0 aliphatic rings. The van der Waals surface area contributed by atoms with Gasteiger partial charge >= 0.3 is 6.09 Å². The third-order valence-electron chi connectivity index (χ3n) is 1.92. The first-order chi connectivity index (χ1) is 7.84. The second kappa shape index (κ2) is 4.98. The first-order valence-corrected chi connectivity index (χ1v) is 4.84. The number of amides is 1. The summed E-state index contributed by atoms with van der Waals surface area (Å²) >= 11 is 0. The molecule has 1 amide bonds. The minimum absolute atomic E-state index is 0.493. The van der Waals surface area contributed by atoms with E-state index >= 15 is 0 Å². The standard InChI is InChI=1S/C13H10NO2/c15-13(14-11-7-3-1-4-8-11)16-12-9-5-2-6-10-12/h1,3-10H,(H,14,15). The molecule has 1 N–H and O–H groups in total. The largest absolute Gasteiger partial charge is 0.417 e. The first kappa shape index (κ1) is 10.2. The number of ether oxygens (including phenoxy) is 1. The van der Waals surface area contributed by atoms with Gasteiger partial charge in [0.2, 0.25) is 0 Å². The highest BCUT2D eigenvalue weighted by molar-refractivity contribution is 5.86. The van der Waals surface area contributed by atoms with E-state index < -0.39 is 6.09 Å². The smallest absolute Gasteiger partial charge is 0.410 e. The maximum Gasteiger partial charge on any atom is 0.417 e. The third-order valence-corrected chi connectivity index (χ3v) is 1.92. The molecule has 0 aliphatic heterocycles. The second-order valence-electron chi connectivity index (χ2n) is 3.12. The van der Waals surface area contributed by atoms with Gasteiger partial charge in [-0.05, 0) is 30.3 Å². The summed E-state index contributed by atoms with van der Waals surface area (Å²) < 4.78 is 5.05. The van der Waals surface area contributed by atoms with Gasteiger partial charge in [-0.1, -0.05) is 30.3 Å². The SMILES string of the molecule is O=C(Nc1ccccc1)Oc1cc[c]cc1. The van der Waals surface area contributed by atoms with Crippen LogP contribution in [-0.2, 0) is 0 Å². The van der Waals surface area contributed by atoms with Crippen molar-refractivity contribution >= 4 is 11.8 Å². The molecule has 0 aliphatic carbocycles. The van der Waals surface area contributed by atoms with Crippen molar-refractivity contribution in [3.63, 3.8) is 0 Å². The molecule has 0 spiro atoms. The number of benzene rings is 2. The number of rotatable bonds is 2. The van der Waals surface area contributed by atoms with Gasteiger partial charge in [0.25, 0.3) is 0 Å². The molecule has 0 saturated carbocycles. The van der Waals surface area contributed by atoms with Gasteiger partial charge < -0.3 is 4.74 Å². The molecule has 2 aromatic rings. The lowest BCUT2D eigenvalue weighted by molar-refractivity contribution is 0.215. The van der Waals surface area contributed by atoms with E-state index in [2.05, 4.69) is 11.4 Å². The summed E-state index contributed by atoms with van der Waals surface area (Å²) in [6.07, 6.45) is -0.502. The average molecular weight is 212 g/mol. The minimum atomic E-state index is -0.502. The van der Waals surface area contributed by atoms with Crippen molar-refractivity contribution in [2.75, 3.05) is 5.32 Å². The molecule has 3 nitrogen and oxygen atoms in total. The van der Waals surface area contributed by atoms with Crippen molar-refractivity contribution in [2.24, 2.45) is 0 Å². The third kappa shape index (κ3) is 2.85. The maximum atomic E-state index is 11.4. The van der Waals surface area contributed by atoms with E-state index in [1.54, 1.807) is 36.4 Å². The summed E-state index contributed by atoms with van der Waals surface area (Å²) in [6, 6.07) is 18.7. The van der Waals surface area contributed by atoms with E-state index in [1.807, 2.05) is 18.2 Å². The summed E-state index contributed by atoms with van der Waals surface area (Å²) in [5.74, 6) is 0.493. The fourth-order valence-electron chi connectivity index (χ4n) is 1.21. The predicted octanol–water partition coefficient (Wildman–Crippen LogP) is 3.10. The van der Waals surface area contributed by atoms with Crippen LogP contribution >= 0.6 is 0 Å². The van der Waals surface area contributed by atoms with Crippen molar-refractivity contribution in [3.05, 3.63) is 60.7 Å². The van der Waals surface area contributed by atoms with Crippen LogP contribution in [0.1, 0.15) is 0 Å². The van der Waals surface area contributed by atoms with Gasteiger partial charge in [0, 0.05) is 5.69 Å². The van der Waals surface area contributed by atoms with Crippen LogP contribution in [0.4, 0.5) is 10.5 Å². The normalized spacial score (nSPS) is 9.50. The number of nitrogens with one attached hydrogen (secondary N) is 1. The number of carbonyl (C=O) groups is 1. The van der Waals surface area contributed by atoms with Crippen molar-refractivity contribution < 1.29 is 9.53 Å². The lowest BCUT2D eigenvalue weighted by Gasteiger charge is -2.05. The molecular formula is C13H10NO2. The Morgan fingerprint density at radius 1 is 1.06 bits per heavy atom. The molecular weight excluding hydrogens is 202 g/mol. The molecule has 0 fully saturated rings. The summed E-state index contributed by atoms with van der Waals surface area (Å²) in [6.45, 7) is 0. The van der Waals surface area contributed by atoms with Crippen LogP contribution in [0.2, 0.25) is 0 Å². The lowest BCUT2D eigenvalue weighted by atomic mass is 10.3. The molecule has 79 valence electrons. The molecule has 1 radical (unpaired) electrons. The van der Waals surface area contributed by atoms with Gasteiger partial charge in [-0.2, -0.15) is 0 Å². The molecule has 0 aromatic heterocycles. The number of para-hydroxylation sites is 1. The number of hydrogen-bond acceptors (Lipinski definition) is 2. The molecule has 3 heteroatoms. The van der Waals surface area contributed by atoms with E-state index in [-0.39, 0.29) is 0 Å². The minimum Gasteiger partial charge on any atom is -0.410 e. The van der Waals surface area contributed by atoms with Crippen molar-refractivity contribution in [1.82, 2.24) is 0 Å². The van der Waals surface area contributed by atoms with E-state index in [0.29, 0.717) is 11.4 Å². The zero-order valence-corrected chi connectivity index (χ0v) is 8.51. The fraction of sp³-hybridized carbons (Fsp3) is 0.